The Hall–Kier alpha value is -3.15. The van der Waals surface area contributed by atoms with Crippen molar-refractivity contribution in [3.63, 3.8) is 0 Å². The second-order valence-electron chi connectivity index (χ2n) is 5.73. The van der Waals surface area contributed by atoms with Crippen molar-refractivity contribution in [2.24, 2.45) is 0 Å². The third-order valence-corrected chi connectivity index (χ3v) is 3.86. The van der Waals surface area contributed by atoms with Gasteiger partial charge < -0.3 is 10.1 Å². The lowest BCUT2D eigenvalue weighted by molar-refractivity contribution is 0.0878. The molecular formula is C19H18N2O4. The van der Waals surface area contributed by atoms with Gasteiger partial charge in [-0.1, -0.05) is 19.4 Å². The number of anilines is 1. The molecule has 6 nitrogen and oxygen atoms in total. The molecule has 0 aliphatic carbocycles. The van der Waals surface area contributed by atoms with Crippen molar-refractivity contribution < 1.29 is 19.1 Å². The van der Waals surface area contributed by atoms with E-state index < -0.39 is 11.8 Å². The SMILES string of the molecule is CCCCOc1cccc(C(=O)Nc2ccc3c(c2)C(=O)NC3=O)c1. The molecule has 3 amide bonds. The topological polar surface area (TPSA) is 84.5 Å². The highest BCUT2D eigenvalue weighted by Gasteiger charge is 2.26. The Kier molecular flexibility index (Phi) is 4.79. The average Bonchev–Trinajstić information content (AvgIpc) is 2.89. The monoisotopic (exact) mass is 338 g/mol. The Balaban J connectivity index is 1.72. The van der Waals surface area contributed by atoms with Crippen LogP contribution in [0.3, 0.4) is 0 Å². The van der Waals surface area contributed by atoms with Gasteiger partial charge in [0.25, 0.3) is 17.7 Å². The van der Waals surface area contributed by atoms with E-state index in [4.69, 9.17) is 4.74 Å². The van der Waals surface area contributed by atoms with E-state index >= 15 is 0 Å². The summed E-state index contributed by atoms with van der Waals surface area (Å²) in [4.78, 5) is 35.6. The molecule has 0 radical (unpaired) electrons. The van der Waals surface area contributed by atoms with Crippen LogP contribution < -0.4 is 15.4 Å². The number of carbonyl (C=O) groups is 3. The minimum Gasteiger partial charge on any atom is -0.494 e. The van der Waals surface area contributed by atoms with E-state index in [1.807, 2.05) is 0 Å². The van der Waals surface area contributed by atoms with Gasteiger partial charge in [-0.05, 0) is 42.8 Å². The fourth-order valence-electron chi connectivity index (χ4n) is 2.51. The van der Waals surface area contributed by atoms with E-state index in [9.17, 15) is 14.4 Å². The molecule has 25 heavy (non-hydrogen) atoms. The molecular weight excluding hydrogens is 320 g/mol. The number of hydrogen-bond acceptors (Lipinski definition) is 4. The van der Waals surface area contributed by atoms with E-state index in [0.717, 1.165) is 12.8 Å². The molecule has 2 N–H and O–H groups in total. The molecule has 0 atom stereocenters. The molecule has 1 aliphatic rings. The van der Waals surface area contributed by atoms with Crippen molar-refractivity contribution in [2.45, 2.75) is 19.8 Å². The molecule has 0 unspecified atom stereocenters. The van der Waals surface area contributed by atoms with Crippen LogP contribution in [0.5, 0.6) is 5.75 Å². The van der Waals surface area contributed by atoms with Gasteiger partial charge in [0.15, 0.2) is 0 Å². The van der Waals surface area contributed by atoms with Crippen molar-refractivity contribution in [1.82, 2.24) is 5.32 Å². The summed E-state index contributed by atoms with van der Waals surface area (Å²) in [7, 11) is 0. The zero-order valence-electron chi connectivity index (χ0n) is 13.8. The van der Waals surface area contributed by atoms with E-state index in [1.165, 1.54) is 12.1 Å². The lowest BCUT2D eigenvalue weighted by atomic mass is 10.1. The van der Waals surface area contributed by atoms with Gasteiger partial charge in [0, 0.05) is 11.3 Å². The standard InChI is InChI=1S/C19H18N2O4/c1-2-3-9-25-14-6-4-5-12(10-14)17(22)20-13-7-8-15-16(11-13)19(24)21-18(15)23/h4-8,10-11H,2-3,9H2,1H3,(H,20,22)(H,21,23,24). The maximum absolute atomic E-state index is 12.4. The number of amides is 3. The molecule has 6 heteroatoms. The van der Waals surface area contributed by atoms with Crippen LogP contribution in [0.1, 0.15) is 50.8 Å². The summed E-state index contributed by atoms with van der Waals surface area (Å²) in [6, 6.07) is 11.5. The molecule has 2 aromatic carbocycles. The van der Waals surface area contributed by atoms with Crippen molar-refractivity contribution >= 4 is 23.4 Å². The Labute approximate surface area is 145 Å². The van der Waals surface area contributed by atoms with Gasteiger partial charge in [-0.25, -0.2) is 0 Å². The normalized spacial score (nSPS) is 12.5. The number of rotatable bonds is 6. The summed E-state index contributed by atoms with van der Waals surface area (Å²) in [5.74, 6) is -0.553. The molecule has 2 aromatic rings. The zero-order chi connectivity index (χ0) is 17.8. The summed E-state index contributed by atoms with van der Waals surface area (Å²) >= 11 is 0. The van der Waals surface area contributed by atoms with E-state index in [1.54, 1.807) is 30.3 Å². The fourth-order valence-corrected chi connectivity index (χ4v) is 2.51. The van der Waals surface area contributed by atoms with Gasteiger partial charge in [0.1, 0.15) is 5.75 Å². The number of ether oxygens (including phenoxy) is 1. The minimum absolute atomic E-state index is 0.263. The second kappa shape index (κ2) is 7.17. The Morgan fingerprint density at radius 3 is 2.68 bits per heavy atom. The molecule has 0 spiro atoms. The largest absolute Gasteiger partial charge is 0.494 e. The predicted octanol–water partition coefficient (Wildman–Crippen LogP) is 3.00. The first kappa shape index (κ1) is 16.7. The third kappa shape index (κ3) is 3.68. The molecule has 1 heterocycles. The smallest absolute Gasteiger partial charge is 0.259 e. The second-order valence-corrected chi connectivity index (χ2v) is 5.73. The van der Waals surface area contributed by atoms with Crippen molar-refractivity contribution in [1.29, 1.82) is 0 Å². The van der Waals surface area contributed by atoms with Crippen LogP contribution in [0.25, 0.3) is 0 Å². The Bertz CT molecular complexity index is 845. The highest BCUT2D eigenvalue weighted by Crippen LogP contribution is 2.21. The Morgan fingerprint density at radius 1 is 1.08 bits per heavy atom. The third-order valence-electron chi connectivity index (χ3n) is 3.86. The summed E-state index contributed by atoms with van der Waals surface area (Å²) < 4.78 is 5.60. The van der Waals surface area contributed by atoms with Crippen LogP contribution in [0.4, 0.5) is 5.69 Å². The van der Waals surface area contributed by atoms with Gasteiger partial charge >= 0.3 is 0 Å². The van der Waals surface area contributed by atoms with Crippen molar-refractivity contribution in [3.8, 4) is 5.75 Å². The zero-order valence-corrected chi connectivity index (χ0v) is 13.8. The maximum Gasteiger partial charge on any atom is 0.259 e. The number of carbonyl (C=O) groups excluding carboxylic acids is 3. The number of fused-ring (bicyclic) bond motifs is 1. The van der Waals surface area contributed by atoms with E-state index in [2.05, 4.69) is 17.6 Å². The van der Waals surface area contributed by atoms with E-state index in [0.29, 0.717) is 29.2 Å². The quantitative estimate of drug-likeness (QED) is 0.626. The number of unbranched alkanes of at least 4 members (excludes halogenated alkanes) is 1. The van der Waals surface area contributed by atoms with Crippen molar-refractivity contribution in [2.75, 3.05) is 11.9 Å². The predicted molar refractivity (Wildman–Crippen MR) is 93.0 cm³/mol. The van der Waals surface area contributed by atoms with Crippen LogP contribution in [0.15, 0.2) is 42.5 Å². The van der Waals surface area contributed by atoms with E-state index in [-0.39, 0.29) is 11.5 Å². The first-order valence-corrected chi connectivity index (χ1v) is 8.12. The van der Waals surface area contributed by atoms with Gasteiger partial charge in [0.2, 0.25) is 0 Å². The van der Waals surface area contributed by atoms with Crippen LogP contribution in [-0.2, 0) is 0 Å². The average molecular weight is 338 g/mol. The number of hydrogen-bond donors (Lipinski definition) is 2. The number of imide groups is 1. The van der Waals surface area contributed by atoms with Crippen LogP contribution in [0, 0.1) is 0 Å². The van der Waals surface area contributed by atoms with Crippen LogP contribution >= 0.6 is 0 Å². The maximum atomic E-state index is 12.4. The Morgan fingerprint density at radius 2 is 1.88 bits per heavy atom. The van der Waals surface area contributed by atoms with Crippen LogP contribution in [0.2, 0.25) is 0 Å². The summed E-state index contributed by atoms with van der Waals surface area (Å²) in [5.41, 5.74) is 1.48. The molecule has 1 aliphatic heterocycles. The minimum atomic E-state index is -0.456. The van der Waals surface area contributed by atoms with Gasteiger partial charge in [-0.15, -0.1) is 0 Å². The molecule has 0 bridgehead atoms. The van der Waals surface area contributed by atoms with Gasteiger partial charge in [-0.2, -0.15) is 0 Å². The highest BCUT2D eigenvalue weighted by molar-refractivity contribution is 6.22. The molecule has 0 saturated heterocycles. The lowest BCUT2D eigenvalue weighted by Crippen LogP contribution is -2.19. The first-order chi connectivity index (χ1) is 12.1. The molecule has 3 rings (SSSR count). The number of nitrogens with one attached hydrogen (secondary N) is 2. The molecule has 0 saturated carbocycles. The van der Waals surface area contributed by atoms with Gasteiger partial charge in [0.05, 0.1) is 17.7 Å². The molecule has 0 fully saturated rings. The van der Waals surface area contributed by atoms with Gasteiger partial charge in [-0.3, -0.25) is 19.7 Å². The summed E-state index contributed by atoms with van der Waals surface area (Å²) in [6.07, 6.45) is 1.99. The van der Waals surface area contributed by atoms with Crippen LogP contribution in [-0.4, -0.2) is 24.3 Å². The lowest BCUT2D eigenvalue weighted by Gasteiger charge is -2.09. The molecule has 128 valence electrons. The fraction of sp³-hybridized carbons (Fsp3) is 0.211. The summed E-state index contributed by atoms with van der Waals surface area (Å²) in [5, 5.41) is 4.95. The molecule has 0 aromatic heterocycles. The first-order valence-electron chi connectivity index (χ1n) is 8.12. The highest BCUT2D eigenvalue weighted by atomic mass is 16.5. The number of benzene rings is 2. The van der Waals surface area contributed by atoms with Crippen molar-refractivity contribution in [3.05, 3.63) is 59.2 Å². The summed E-state index contributed by atoms with van der Waals surface area (Å²) in [6.45, 7) is 2.69.